The van der Waals surface area contributed by atoms with Crippen LogP contribution in [0.3, 0.4) is 0 Å². The van der Waals surface area contributed by atoms with Crippen molar-refractivity contribution in [2.45, 2.75) is 3.05 Å². The predicted molar refractivity (Wildman–Crippen MR) is 92.2 cm³/mol. The Morgan fingerprint density at radius 1 is 1.05 bits per heavy atom. The number of benzene rings is 1. The average Bonchev–Trinajstić information content (AvgIpc) is 3.14. The molecule has 2 aromatic rings. The largest absolute Gasteiger partial charge is 2.00 e. The van der Waals surface area contributed by atoms with Gasteiger partial charge in [-0.1, -0.05) is 0 Å². The van der Waals surface area contributed by atoms with Crippen molar-refractivity contribution in [3.05, 3.63) is 85.0 Å². The summed E-state index contributed by atoms with van der Waals surface area (Å²) < 4.78 is 1.93. The van der Waals surface area contributed by atoms with Crippen molar-refractivity contribution >= 4 is 32.2 Å². The third kappa shape index (κ3) is 6.80. The Bertz CT molecular complexity index is 580. The van der Waals surface area contributed by atoms with E-state index in [1.165, 1.54) is 3.07 Å². The van der Waals surface area contributed by atoms with E-state index in [0.717, 1.165) is 0 Å². The quantitative estimate of drug-likeness (QED) is 0.272. The van der Waals surface area contributed by atoms with Crippen molar-refractivity contribution in [2.75, 3.05) is 0 Å². The Morgan fingerprint density at radius 2 is 1.64 bits per heavy atom. The maximum atomic E-state index is 4.99. The first-order chi connectivity index (χ1) is 10.2. The van der Waals surface area contributed by atoms with Crippen molar-refractivity contribution in [1.82, 2.24) is 5.32 Å². The summed E-state index contributed by atoms with van der Waals surface area (Å²) in [6.45, 7) is 0. The Labute approximate surface area is 166 Å². The van der Waals surface area contributed by atoms with E-state index in [-0.39, 0.29) is 20.1 Å². The second kappa shape index (κ2) is 10.4. The summed E-state index contributed by atoms with van der Waals surface area (Å²) in [5.74, 6) is 0. The summed E-state index contributed by atoms with van der Waals surface area (Å²) in [7, 11) is 0. The van der Waals surface area contributed by atoms with Gasteiger partial charge in [-0.25, -0.2) is 12.1 Å². The molecular formula is C17H15FeHgNS2. The van der Waals surface area contributed by atoms with E-state index in [1.807, 2.05) is 30.3 Å². The zero-order valence-electron chi connectivity index (χ0n) is 12.0. The molecule has 0 heterocycles. The number of nitrogens with one attached hydrogen (secondary N) is 1. The molecule has 22 heavy (non-hydrogen) atoms. The molecule has 1 nitrogen and oxygen atoms in total. The van der Waals surface area contributed by atoms with Crippen LogP contribution in [-0.2, 0) is 54.3 Å². The van der Waals surface area contributed by atoms with Crippen LogP contribution in [-0.4, -0.2) is 7.37 Å². The monoisotopic (exact) mass is 555 g/mol. The Kier molecular flexibility index (Phi) is 9.29. The molecule has 0 radical (unpaired) electrons. The molecule has 0 bridgehead atoms. The third-order valence-corrected chi connectivity index (χ3v) is 11.5. The van der Waals surface area contributed by atoms with Crippen molar-refractivity contribution in [3.8, 4) is 0 Å². The van der Waals surface area contributed by atoms with Crippen LogP contribution in [0.15, 0.2) is 85.0 Å². The van der Waals surface area contributed by atoms with Crippen LogP contribution in [0.4, 0.5) is 0 Å². The van der Waals surface area contributed by atoms with Crippen LogP contribution < -0.4 is 8.39 Å². The molecule has 1 aliphatic rings. The Morgan fingerprint density at radius 3 is 2.09 bits per heavy atom. The molecular weight excluding hydrogens is 539 g/mol. The molecule has 0 aliphatic heterocycles. The second-order valence-electron chi connectivity index (χ2n) is 4.80. The zero-order valence-corrected chi connectivity index (χ0v) is 20.2. The van der Waals surface area contributed by atoms with Gasteiger partial charge in [0.25, 0.3) is 0 Å². The molecule has 0 spiro atoms. The molecule has 3 rings (SSSR count). The van der Waals surface area contributed by atoms with Crippen LogP contribution in [0.25, 0.3) is 0 Å². The third-order valence-electron chi connectivity index (χ3n) is 3.13. The number of thiocarbonyl (C=S) groups is 1. The van der Waals surface area contributed by atoms with E-state index >= 15 is 0 Å². The molecule has 0 aromatic heterocycles. The molecule has 0 fully saturated rings. The molecule has 2 aromatic carbocycles. The van der Waals surface area contributed by atoms with Crippen LogP contribution in [0.5, 0.6) is 0 Å². The summed E-state index contributed by atoms with van der Waals surface area (Å²) in [5, 5.41) is 3.28. The smallest absolute Gasteiger partial charge is 0.214 e. The first-order valence-corrected chi connectivity index (χ1v) is 13.1. The maximum absolute atomic E-state index is 4.99. The van der Waals surface area contributed by atoms with Crippen molar-refractivity contribution in [2.24, 2.45) is 0 Å². The normalized spacial score (nSPS) is 13.3. The molecule has 0 saturated carbocycles. The minimum Gasteiger partial charge on any atom is -0.214 e. The van der Waals surface area contributed by atoms with E-state index in [0.29, 0.717) is 4.32 Å². The van der Waals surface area contributed by atoms with Crippen LogP contribution in [0.1, 0.15) is 0 Å². The Hall–Kier alpha value is -0.385. The molecule has 110 valence electrons. The van der Waals surface area contributed by atoms with Gasteiger partial charge in [-0.15, -0.1) is 0 Å². The van der Waals surface area contributed by atoms with Crippen molar-refractivity contribution < 1.29 is 41.6 Å². The standard InChI is InChI=1S/C6H6NS2.C6H5.C5H5.Fe.Hg/c8-6(9)7-5-3-1-2-4-5;1-2-4-6-5-3-1;1-2-4-5-3-1;;/h1-4H,(H2,7,8,9);1-5H;1-5H;;/q;;-1;+2;/p-1. The van der Waals surface area contributed by atoms with Gasteiger partial charge in [0.05, 0.1) is 0 Å². The topological polar surface area (TPSA) is 12.0 Å². The first-order valence-electron chi connectivity index (χ1n) is 6.77. The van der Waals surface area contributed by atoms with E-state index in [2.05, 4.69) is 60.0 Å². The molecule has 0 amide bonds. The first kappa shape index (κ1) is 19.7. The van der Waals surface area contributed by atoms with E-state index < -0.39 is 24.6 Å². The van der Waals surface area contributed by atoms with Gasteiger partial charge in [0.2, 0.25) is 0 Å². The fraction of sp³-hybridized carbons (Fsp3) is 0.0588. The van der Waals surface area contributed by atoms with Crippen molar-refractivity contribution in [3.63, 3.8) is 0 Å². The second-order valence-corrected chi connectivity index (χ2v) is 15.0. The number of hydrogen-bond acceptors (Lipinski definition) is 2. The number of hydrogen-bond donors (Lipinski definition) is 1. The van der Waals surface area contributed by atoms with Gasteiger partial charge in [-0.2, -0.15) is 18.2 Å². The van der Waals surface area contributed by atoms with Crippen LogP contribution in [0, 0.1) is 0 Å². The molecule has 0 saturated heterocycles. The van der Waals surface area contributed by atoms with Gasteiger partial charge >= 0.3 is 137 Å². The number of allylic oxidation sites excluding steroid dienone is 2. The van der Waals surface area contributed by atoms with Gasteiger partial charge < -0.3 is 0 Å². The van der Waals surface area contributed by atoms with Gasteiger partial charge in [0.1, 0.15) is 0 Å². The fourth-order valence-corrected chi connectivity index (χ4v) is 11.2. The van der Waals surface area contributed by atoms with Crippen LogP contribution in [0.2, 0.25) is 0 Å². The summed E-state index contributed by atoms with van der Waals surface area (Å²) >= 11 is 8.63. The Balaban J connectivity index is 0.000000344. The summed E-state index contributed by atoms with van der Waals surface area (Å²) in [5.41, 5.74) is 0. The minimum absolute atomic E-state index is 0. The van der Waals surface area contributed by atoms with Gasteiger partial charge in [-0.3, -0.25) is 0 Å². The minimum atomic E-state index is -1.35. The summed E-state index contributed by atoms with van der Waals surface area (Å²) in [4.78, 5) is 0. The maximum Gasteiger partial charge on any atom is 2.00 e. The van der Waals surface area contributed by atoms with Crippen LogP contribution >= 0.6 is 12.2 Å². The molecule has 1 aliphatic carbocycles. The summed E-state index contributed by atoms with van der Waals surface area (Å²) in [6, 6.07) is 20.7. The number of rotatable bonds is 3. The van der Waals surface area contributed by atoms with Gasteiger partial charge in [-0.05, 0) is 0 Å². The SMILES string of the molecule is S=C([S-])N[C]1([Hg][c]2ccccc2)C=CC=C1.[Fe+2].c1cc[cH-]c1. The molecule has 0 atom stereocenters. The van der Waals surface area contributed by atoms with E-state index in [1.54, 1.807) is 0 Å². The van der Waals surface area contributed by atoms with E-state index in [9.17, 15) is 0 Å². The zero-order chi connectivity index (χ0) is 15.0. The fourth-order valence-electron chi connectivity index (χ4n) is 2.20. The van der Waals surface area contributed by atoms with Crippen molar-refractivity contribution in [1.29, 1.82) is 0 Å². The summed E-state index contributed by atoms with van der Waals surface area (Å²) in [6.07, 6.45) is 8.54. The van der Waals surface area contributed by atoms with Gasteiger partial charge in [0, 0.05) is 0 Å². The van der Waals surface area contributed by atoms with E-state index in [4.69, 9.17) is 24.8 Å². The predicted octanol–water partition coefficient (Wildman–Crippen LogP) is 3.04. The molecule has 1 N–H and O–H groups in total. The van der Waals surface area contributed by atoms with Gasteiger partial charge in [0.15, 0.2) is 0 Å². The molecule has 0 unspecified atom stereocenters. The average molecular weight is 554 g/mol. The molecule has 5 heteroatoms.